The summed E-state index contributed by atoms with van der Waals surface area (Å²) in [5.74, 6) is 3.31. The van der Waals surface area contributed by atoms with Crippen molar-refractivity contribution in [2.45, 2.75) is 271 Å². The standard InChI is InChI=1S/C32H54N6O2S2.C21H41N5O4S3.C15H20N6O2S2.C13H15N5O2S2.C6H11N5OS.C5H8N4O3S2/c1-4-6-8-10-12-13-15-17-20-27(19-16-14-11-9-7-5-2)24-33-30(40)36-37-31-35-32(38-42-31)41-25-28-21-18-22-29(23-28)34-26(3)39;1-3-4-5-6-7-8-9-10-11-12-15-29-16-13-14-22-19(27)24-25-20-23-21(26-33-20)31-17-18-32-30-28-2;1-20-7-9-21(10-8-20)15(22)18-17-13-16-14(19-24-13)25(23)11-12-5-3-2-4-6-12;1-8-4-5-10(6-11(8)14-7-20-3)21-13-15-12(22-18-13)17-16-9(2)19;1-4-7-5(13-10-4)8-9-6(12)11(2)3;1-3(10)7-8-4-6-5(9-13-4)14-12-11-2/h18,21-23,27H,4-17,19-20,24-25H2,1-3H3,(H,34,39)(H2,33,36,40)(H,35,37,38);3-18H2,1-2H3,(H2,22,24,27)(H,23,25,26);2-6H,7-11H2,1H3,(H,18,22)(H,16,17,19);4-7H,1-3H3,(H,16,19)(H,15,17,18);1-3H3,(H,9,12)(H,7,8,10);1-2H3,(H,7,10)(H,6,8,9). The van der Waals surface area contributed by atoms with Gasteiger partial charge in [0.2, 0.25) is 74.3 Å². The number of likely N-dealkylation sites (N-methyl/N-ethyl adjacent to an activating group) is 1. The highest BCUT2D eigenvalue weighted by Crippen LogP contribution is 2.33. The average Bonchev–Trinajstić information content (AvgIpc) is 1.63. The minimum absolute atomic E-state index is 0.0925. The number of amides is 11. The molecule has 1 aliphatic heterocycles. The van der Waals surface area contributed by atoms with Gasteiger partial charge in [-0.3, -0.25) is 62.0 Å². The normalized spacial score (nSPS) is 11.8. The number of unbranched alkanes of at least 4 members (excludes halogenated alkanes) is 21. The minimum atomic E-state index is -1.32. The van der Waals surface area contributed by atoms with E-state index in [2.05, 4.69) is 182 Å². The highest BCUT2D eigenvalue weighted by molar-refractivity contribution is 8.01. The molecule has 11 amide bonds. The van der Waals surface area contributed by atoms with Crippen molar-refractivity contribution in [3.05, 3.63) is 95.3 Å². The predicted molar refractivity (Wildman–Crippen MR) is 605 cm³/mol. The summed E-state index contributed by atoms with van der Waals surface area (Å²) in [5.41, 5.74) is 36.2. The molecule has 828 valence electrons. The second kappa shape index (κ2) is 83.1. The maximum absolute atomic E-state index is 12.5. The van der Waals surface area contributed by atoms with Gasteiger partial charge in [-0.2, -0.15) is 59.8 Å². The smallest absolute Gasteiger partial charge is 0.336 e. The van der Waals surface area contributed by atoms with Gasteiger partial charge in [-0.25, -0.2) is 60.6 Å². The summed E-state index contributed by atoms with van der Waals surface area (Å²) >= 11 is 13.5. The van der Waals surface area contributed by atoms with E-state index in [1.165, 1.54) is 300 Å². The maximum Gasteiger partial charge on any atom is 0.336 e. The zero-order valence-electron chi connectivity index (χ0n) is 87.4. The van der Waals surface area contributed by atoms with E-state index in [1.807, 2.05) is 86.8 Å². The number of aromatic nitrogens is 12. The fourth-order valence-electron chi connectivity index (χ4n) is 12.7. The molecule has 6 aromatic heterocycles. The Bertz CT molecular complexity index is 5160. The van der Waals surface area contributed by atoms with E-state index < -0.39 is 10.8 Å². The van der Waals surface area contributed by atoms with Crippen molar-refractivity contribution in [2.24, 2.45) is 10.9 Å². The molecule has 1 saturated heterocycles. The third-order valence-corrected chi connectivity index (χ3v) is 29.9. The third-order valence-electron chi connectivity index (χ3n) is 20.3. The molecule has 1 fully saturated rings. The summed E-state index contributed by atoms with van der Waals surface area (Å²) in [6.45, 7) is 20.7. The maximum atomic E-state index is 12.5. The van der Waals surface area contributed by atoms with Gasteiger partial charge in [0.25, 0.3) is 0 Å². The third kappa shape index (κ3) is 64.8. The van der Waals surface area contributed by atoms with Gasteiger partial charge in [0.1, 0.15) is 17.9 Å². The van der Waals surface area contributed by atoms with Gasteiger partial charge in [-0.05, 0) is 105 Å². The lowest BCUT2D eigenvalue weighted by Crippen LogP contribution is -2.51. The first kappa shape index (κ1) is 130. The van der Waals surface area contributed by atoms with Crippen molar-refractivity contribution in [1.82, 2.24) is 114 Å². The van der Waals surface area contributed by atoms with Crippen molar-refractivity contribution >= 4 is 230 Å². The van der Waals surface area contributed by atoms with E-state index in [1.54, 1.807) is 33.0 Å². The van der Waals surface area contributed by atoms with Crippen LogP contribution in [0.15, 0.2) is 108 Å². The minimum Gasteiger partial charge on any atom is -0.486 e. The van der Waals surface area contributed by atoms with Gasteiger partial charge < -0.3 is 40.1 Å². The highest BCUT2D eigenvalue weighted by atomic mass is 32.2. The van der Waals surface area contributed by atoms with E-state index in [9.17, 15) is 37.8 Å². The molecule has 3 aromatic carbocycles. The first-order valence-electron chi connectivity index (χ1n) is 49.3. The lowest BCUT2D eigenvalue weighted by molar-refractivity contribution is -0.160. The molecule has 9 aromatic rings. The lowest BCUT2D eigenvalue weighted by Gasteiger charge is -2.32. The van der Waals surface area contributed by atoms with Crippen LogP contribution in [-0.4, -0.2) is 230 Å². The number of thioether (sulfide) groups is 2. The van der Waals surface area contributed by atoms with Crippen LogP contribution in [0.2, 0.25) is 0 Å². The molecule has 0 bridgehead atoms. The summed E-state index contributed by atoms with van der Waals surface area (Å²) in [6, 6.07) is 22.2. The number of ether oxygens (including phenoxy) is 2. The average molecular weight is 2300 g/mol. The summed E-state index contributed by atoms with van der Waals surface area (Å²) in [5, 5.41) is 14.3. The Morgan fingerprint density at radius 1 is 0.497 bits per heavy atom. The number of urea groups is 4. The van der Waals surface area contributed by atoms with Crippen molar-refractivity contribution in [3.8, 4) is 0 Å². The van der Waals surface area contributed by atoms with Gasteiger partial charge in [0, 0.05) is 196 Å². The predicted octanol–water partition coefficient (Wildman–Crippen LogP) is 20.1. The molecule has 45 nitrogen and oxygen atoms in total. The topological polar surface area (TPSA) is 549 Å². The highest BCUT2D eigenvalue weighted by Gasteiger charge is 2.22. The fraction of sp³-hybridized carbons (Fsp3) is 0.587. The number of hydrazine groups is 6. The van der Waals surface area contributed by atoms with E-state index >= 15 is 0 Å². The second-order valence-electron chi connectivity index (χ2n) is 33.2. The summed E-state index contributed by atoms with van der Waals surface area (Å²) < 4.78 is 56.8. The van der Waals surface area contributed by atoms with Gasteiger partial charge in [0.05, 0.1) is 43.6 Å². The van der Waals surface area contributed by atoms with Crippen molar-refractivity contribution < 1.29 is 65.7 Å². The van der Waals surface area contributed by atoms with Gasteiger partial charge in [0.15, 0.2) is 6.40 Å². The molecule has 2 unspecified atom stereocenters. The van der Waals surface area contributed by atoms with Crippen molar-refractivity contribution in [2.75, 3.05) is 144 Å². The second-order valence-corrected chi connectivity index (χ2v) is 43.5. The number of aryl methyl sites for hydroxylation is 2. The number of piperazine rings is 1. The van der Waals surface area contributed by atoms with Gasteiger partial charge >= 0.3 is 24.1 Å². The van der Waals surface area contributed by atoms with E-state index in [0.717, 1.165) is 112 Å². The molecule has 57 heteroatoms. The number of carbonyl (C=O) groups excluding carboxylic acids is 7. The molecule has 0 spiro atoms. The number of benzene rings is 3. The number of methoxy groups -OCH3 is 1. The largest absolute Gasteiger partial charge is 0.486 e. The summed E-state index contributed by atoms with van der Waals surface area (Å²) in [6.07, 6.45) is 36.3. The van der Waals surface area contributed by atoms with Gasteiger partial charge in [-0.1, -0.05) is 241 Å². The van der Waals surface area contributed by atoms with E-state index in [4.69, 9.17) is 13.8 Å². The Balaban J connectivity index is 0.000000328. The molecule has 1 aliphatic rings. The Morgan fingerprint density at radius 3 is 1.56 bits per heavy atom. The monoisotopic (exact) mass is 2300 g/mol. The quantitative estimate of drug-likeness (QED) is 0.00320. The van der Waals surface area contributed by atoms with Crippen LogP contribution in [0.1, 0.15) is 237 Å². The summed E-state index contributed by atoms with van der Waals surface area (Å²) in [7, 11) is 8.44. The van der Waals surface area contributed by atoms with E-state index in [-0.39, 0.29) is 47.0 Å². The Kier molecular flexibility index (Phi) is 72.4. The Hall–Kier alpha value is -9.56. The van der Waals surface area contributed by atoms with Crippen LogP contribution in [-0.2, 0) is 64.6 Å². The zero-order chi connectivity index (χ0) is 108. The number of hydrogen-bond acceptors (Lipinski definition) is 45. The Morgan fingerprint density at radius 2 is 0.993 bits per heavy atom. The molecule has 15 N–H and O–H groups in total. The number of rotatable bonds is 65. The molecular weight excluding hydrogens is 2150 g/mol. The molecule has 7 heterocycles. The Labute approximate surface area is 923 Å². The van der Waals surface area contributed by atoms with Crippen LogP contribution in [0.3, 0.4) is 0 Å². The molecular formula is C92H149N31O14S12. The number of hydrogen-bond donors (Lipinski definition) is 15. The number of carbonyl (C=O) groups is 7. The molecule has 0 aliphatic carbocycles. The lowest BCUT2D eigenvalue weighted by atomic mass is 9.94. The number of aliphatic imine (C=N–C) groups is 1. The van der Waals surface area contributed by atoms with Crippen LogP contribution in [0, 0.1) is 19.8 Å². The van der Waals surface area contributed by atoms with Crippen LogP contribution in [0.4, 0.5) is 61.3 Å². The van der Waals surface area contributed by atoms with Crippen molar-refractivity contribution in [1.29, 1.82) is 0 Å². The fourth-order valence-corrected chi connectivity index (χ4v) is 20.7. The molecule has 149 heavy (non-hydrogen) atoms. The van der Waals surface area contributed by atoms with Crippen LogP contribution in [0.25, 0.3) is 0 Å². The molecule has 0 saturated carbocycles. The first-order valence-corrected chi connectivity index (χ1v) is 59.7. The van der Waals surface area contributed by atoms with Crippen LogP contribution in [0.5, 0.6) is 0 Å². The zero-order valence-corrected chi connectivity index (χ0v) is 97.2. The van der Waals surface area contributed by atoms with E-state index in [0.29, 0.717) is 107 Å². The number of anilines is 7. The van der Waals surface area contributed by atoms with Crippen LogP contribution >= 0.6 is 129 Å². The number of nitrogens with one attached hydrogen (secondary N) is 15. The molecule has 2 atom stereocenters. The molecule has 0 radical (unpaired) electrons. The molecule has 10 rings (SSSR count). The number of nitrogens with zero attached hydrogens (tertiary/aromatic N) is 16. The van der Waals surface area contributed by atoms with Crippen molar-refractivity contribution in [3.63, 3.8) is 0 Å². The van der Waals surface area contributed by atoms with Crippen LogP contribution < -0.4 is 81.1 Å². The van der Waals surface area contributed by atoms with Gasteiger partial charge in [-0.15, -0.1) is 0 Å². The summed E-state index contributed by atoms with van der Waals surface area (Å²) in [4.78, 5) is 125. The first-order chi connectivity index (χ1) is 72.3. The SMILES string of the molecule is CCCCCCCCCCC(CCCCCCCC)CNC(=O)NNc1nc(SCc2cccc(NC(C)=O)c2)ns1.CCCCCCCCCCCCOCCCNC(=O)NNc1nc(SCCSOOC)ns1.CN1CCN(C(=O)NNc2nc(S(=O)Cc3ccccc3)ns2)CC1.COC=Nc1cc(Sc2nsc(NNC(C)=O)n2)ccc1C.COOSc1nsc(NNC(C)=O)n1.Cc1nsc(NNC(=O)N(C)C)n1.